The fourth-order valence-corrected chi connectivity index (χ4v) is 12.4. The van der Waals surface area contributed by atoms with E-state index in [-0.39, 0.29) is 0 Å². The van der Waals surface area contributed by atoms with Crippen molar-refractivity contribution in [2.45, 2.75) is 5.41 Å². The summed E-state index contributed by atoms with van der Waals surface area (Å²) in [4.78, 5) is 2.43. The van der Waals surface area contributed by atoms with Gasteiger partial charge in [0.05, 0.1) is 16.4 Å². The van der Waals surface area contributed by atoms with Crippen molar-refractivity contribution in [2.75, 3.05) is 4.90 Å². The fourth-order valence-electron chi connectivity index (χ4n) is 12.4. The van der Waals surface area contributed by atoms with Crippen LogP contribution in [-0.4, -0.2) is 4.57 Å². The molecule has 1 aliphatic carbocycles. The average molecular weight is 943 g/mol. The number of fused-ring (bicyclic) bond motifs is 11. The third kappa shape index (κ3) is 6.33. The minimum absolute atomic E-state index is 0.551. The highest BCUT2D eigenvalue weighted by molar-refractivity contribution is 6.17. The van der Waals surface area contributed by atoms with Crippen molar-refractivity contribution in [1.82, 2.24) is 4.57 Å². The minimum Gasteiger partial charge on any atom is -0.455 e. The number of rotatable bonds is 8. The standard InChI is InChI=1S/C71H46N2O/c1-3-21-51(22-4-1)71(52-23-5-2-6-24-52)65-33-12-9-28-59(65)60-43-41-56(46-66(60)71)72(54-25-16-20-50(45-54)58-31-17-32-63-64-42-38-48-18-7-8-27-57(48)69(64)74-70(58)63)53-39-36-47(37-40-53)49-19-15-26-55(44-49)73-67-34-13-10-29-61(67)62-30-11-14-35-68(62)73/h1-46H. The molecule has 0 saturated carbocycles. The molecule has 14 aromatic rings. The van der Waals surface area contributed by atoms with Crippen LogP contribution < -0.4 is 4.90 Å². The lowest BCUT2D eigenvalue weighted by molar-refractivity contribution is 0.674. The highest BCUT2D eigenvalue weighted by Gasteiger charge is 2.46. The monoisotopic (exact) mass is 942 g/mol. The summed E-state index contributed by atoms with van der Waals surface area (Å²) in [5.74, 6) is 0. The van der Waals surface area contributed by atoms with Crippen LogP contribution in [0.5, 0.6) is 0 Å². The van der Waals surface area contributed by atoms with Crippen molar-refractivity contribution in [2.24, 2.45) is 0 Å². The Morgan fingerprint density at radius 2 is 0.878 bits per heavy atom. The first kappa shape index (κ1) is 42.0. The van der Waals surface area contributed by atoms with Gasteiger partial charge in [0, 0.05) is 55.2 Å². The molecule has 15 rings (SSSR count). The summed E-state index contributed by atoms with van der Waals surface area (Å²) in [6.07, 6.45) is 0. The van der Waals surface area contributed by atoms with Crippen molar-refractivity contribution in [3.8, 4) is 39.1 Å². The van der Waals surface area contributed by atoms with Crippen LogP contribution in [-0.2, 0) is 5.41 Å². The molecule has 0 amide bonds. The summed E-state index contributed by atoms with van der Waals surface area (Å²) in [5.41, 5.74) is 19.9. The summed E-state index contributed by atoms with van der Waals surface area (Å²) < 4.78 is 9.31. The molecule has 12 aromatic carbocycles. The molecule has 0 saturated heterocycles. The topological polar surface area (TPSA) is 21.3 Å². The SMILES string of the molecule is c1ccc(C2(c3ccccc3)c3ccccc3-c3ccc(N(c4ccc(-c5cccc(-n6c7ccccc7c7ccccc76)c5)cc4)c4cccc(-c5cccc6c5oc5c7ccccc7ccc65)c4)cc32)cc1. The van der Waals surface area contributed by atoms with Gasteiger partial charge in [-0.05, 0) is 122 Å². The molecule has 0 unspecified atom stereocenters. The maximum Gasteiger partial charge on any atom is 0.143 e. The van der Waals surface area contributed by atoms with E-state index in [1.165, 1.54) is 60.6 Å². The third-order valence-corrected chi connectivity index (χ3v) is 15.6. The summed E-state index contributed by atoms with van der Waals surface area (Å²) in [5, 5.41) is 7.03. The van der Waals surface area contributed by atoms with Crippen molar-refractivity contribution in [3.63, 3.8) is 0 Å². The fraction of sp³-hybridized carbons (Fsp3) is 0.0141. The summed E-state index contributed by atoms with van der Waals surface area (Å²) in [6, 6.07) is 102. The largest absolute Gasteiger partial charge is 0.455 e. The van der Waals surface area contributed by atoms with Gasteiger partial charge in [0.1, 0.15) is 11.2 Å². The maximum atomic E-state index is 6.92. The van der Waals surface area contributed by atoms with Gasteiger partial charge in [0.2, 0.25) is 0 Å². The van der Waals surface area contributed by atoms with E-state index in [9.17, 15) is 0 Å². The summed E-state index contributed by atoms with van der Waals surface area (Å²) in [6.45, 7) is 0. The number of para-hydroxylation sites is 3. The van der Waals surface area contributed by atoms with E-state index in [2.05, 4.69) is 289 Å². The zero-order valence-electron chi connectivity index (χ0n) is 40.4. The second kappa shape index (κ2) is 16.7. The Labute approximate surface area is 429 Å². The number of hydrogen-bond acceptors (Lipinski definition) is 2. The number of benzene rings is 12. The quantitative estimate of drug-likeness (QED) is 0.151. The molecule has 0 radical (unpaired) electrons. The van der Waals surface area contributed by atoms with E-state index in [0.717, 1.165) is 72.3 Å². The van der Waals surface area contributed by atoms with Crippen LogP contribution in [0.15, 0.2) is 283 Å². The van der Waals surface area contributed by atoms with Gasteiger partial charge >= 0.3 is 0 Å². The van der Waals surface area contributed by atoms with Crippen LogP contribution in [0.4, 0.5) is 17.1 Å². The number of furan rings is 1. The van der Waals surface area contributed by atoms with E-state index in [1.54, 1.807) is 0 Å². The molecule has 346 valence electrons. The normalized spacial score (nSPS) is 12.7. The molecule has 1 aliphatic rings. The lowest BCUT2D eigenvalue weighted by atomic mass is 9.67. The van der Waals surface area contributed by atoms with Gasteiger partial charge in [-0.25, -0.2) is 0 Å². The van der Waals surface area contributed by atoms with Gasteiger partial charge in [-0.2, -0.15) is 0 Å². The first-order chi connectivity index (χ1) is 36.7. The molecule has 0 aliphatic heterocycles. The molecule has 0 spiro atoms. The van der Waals surface area contributed by atoms with Crippen LogP contribution in [0.2, 0.25) is 0 Å². The first-order valence-corrected chi connectivity index (χ1v) is 25.5. The van der Waals surface area contributed by atoms with Crippen LogP contribution in [0.1, 0.15) is 22.3 Å². The Balaban J connectivity index is 0.911. The Morgan fingerprint density at radius 3 is 1.65 bits per heavy atom. The van der Waals surface area contributed by atoms with Crippen molar-refractivity contribution in [3.05, 3.63) is 301 Å². The van der Waals surface area contributed by atoms with Gasteiger partial charge in [-0.1, -0.05) is 212 Å². The minimum atomic E-state index is -0.551. The van der Waals surface area contributed by atoms with Gasteiger partial charge in [-0.3, -0.25) is 0 Å². The van der Waals surface area contributed by atoms with Crippen LogP contribution in [0.25, 0.3) is 93.6 Å². The van der Waals surface area contributed by atoms with Crippen molar-refractivity contribution < 1.29 is 4.42 Å². The van der Waals surface area contributed by atoms with Crippen LogP contribution in [0, 0.1) is 0 Å². The highest BCUT2D eigenvalue weighted by atomic mass is 16.3. The van der Waals surface area contributed by atoms with Gasteiger partial charge in [-0.15, -0.1) is 0 Å². The smallest absolute Gasteiger partial charge is 0.143 e. The molecule has 74 heavy (non-hydrogen) atoms. The predicted octanol–water partition coefficient (Wildman–Crippen LogP) is 19.0. The molecule has 0 atom stereocenters. The average Bonchev–Trinajstić information content (AvgIpc) is 4.13. The number of aromatic nitrogens is 1. The third-order valence-electron chi connectivity index (χ3n) is 15.6. The number of anilines is 3. The van der Waals surface area contributed by atoms with E-state index >= 15 is 0 Å². The predicted molar refractivity (Wildman–Crippen MR) is 308 cm³/mol. The zero-order valence-corrected chi connectivity index (χ0v) is 40.4. The second-order valence-electron chi connectivity index (χ2n) is 19.6. The summed E-state index contributed by atoms with van der Waals surface area (Å²) in [7, 11) is 0. The molecular weight excluding hydrogens is 897 g/mol. The molecule has 3 nitrogen and oxygen atoms in total. The second-order valence-corrected chi connectivity index (χ2v) is 19.6. The van der Waals surface area contributed by atoms with Crippen molar-refractivity contribution in [1.29, 1.82) is 0 Å². The lowest BCUT2D eigenvalue weighted by Crippen LogP contribution is -2.28. The van der Waals surface area contributed by atoms with Crippen LogP contribution >= 0.6 is 0 Å². The summed E-state index contributed by atoms with van der Waals surface area (Å²) >= 11 is 0. The number of hydrogen-bond donors (Lipinski definition) is 0. The van der Waals surface area contributed by atoms with Gasteiger partial charge < -0.3 is 13.9 Å². The zero-order chi connectivity index (χ0) is 48.7. The Kier molecular flexibility index (Phi) is 9.48. The molecule has 0 N–H and O–H groups in total. The molecule has 2 aromatic heterocycles. The first-order valence-electron chi connectivity index (χ1n) is 25.5. The van der Waals surface area contributed by atoms with Crippen molar-refractivity contribution >= 4 is 71.6 Å². The van der Waals surface area contributed by atoms with Crippen LogP contribution in [0.3, 0.4) is 0 Å². The van der Waals surface area contributed by atoms with Gasteiger partial charge in [0.15, 0.2) is 0 Å². The Hall–Kier alpha value is -9.70. The van der Waals surface area contributed by atoms with E-state index < -0.39 is 5.41 Å². The molecule has 2 heterocycles. The molecule has 0 fully saturated rings. The van der Waals surface area contributed by atoms with Gasteiger partial charge in [0.25, 0.3) is 0 Å². The Morgan fingerprint density at radius 1 is 0.311 bits per heavy atom. The molecule has 0 bridgehead atoms. The lowest BCUT2D eigenvalue weighted by Gasteiger charge is -2.35. The van der Waals surface area contributed by atoms with E-state index in [0.29, 0.717) is 0 Å². The number of nitrogens with zero attached hydrogens (tertiary/aromatic N) is 2. The van der Waals surface area contributed by atoms with E-state index in [4.69, 9.17) is 4.42 Å². The highest BCUT2D eigenvalue weighted by Crippen LogP contribution is 2.57. The maximum absolute atomic E-state index is 6.92. The molecule has 3 heteroatoms. The van der Waals surface area contributed by atoms with E-state index in [1.807, 2.05) is 0 Å². The Bertz CT molecular complexity index is 4390. The molecular formula is C71H46N2O.